The maximum atomic E-state index is 4.45. The molecule has 0 aliphatic rings. The zero-order valence-corrected chi connectivity index (χ0v) is 11.3. The van der Waals surface area contributed by atoms with Crippen molar-refractivity contribution in [2.75, 3.05) is 5.32 Å². The molecule has 2 heterocycles. The summed E-state index contributed by atoms with van der Waals surface area (Å²) < 4.78 is 0. The normalized spacial score (nSPS) is 10.5. The van der Waals surface area contributed by atoms with E-state index in [1.807, 2.05) is 25.2 Å². The lowest BCUT2D eigenvalue weighted by molar-refractivity contribution is 1.03. The zero-order valence-electron chi connectivity index (χ0n) is 10.4. The van der Waals surface area contributed by atoms with Crippen molar-refractivity contribution in [1.82, 2.24) is 9.97 Å². The van der Waals surface area contributed by atoms with Gasteiger partial charge in [0.2, 0.25) is 0 Å². The summed E-state index contributed by atoms with van der Waals surface area (Å²) in [5.74, 6) is 0.886. The molecule has 17 heavy (non-hydrogen) atoms. The molecule has 0 aliphatic carbocycles. The monoisotopic (exact) mass is 247 g/mol. The highest BCUT2D eigenvalue weighted by molar-refractivity contribution is 7.12. The standard InChI is InChI=1S/C13H17N3S/c1-4-11-5-6-12(17-11)8-15-13-10(3)14-7-9(2)16-13/h5-7H,4,8H2,1-3H3,(H,15,16). The van der Waals surface area contributed by atoms with Crippen LogP contribution in [-0.2, 0) is 13.0 Å². The second-order valence-corrected chi connectivity index (χ2v) is 5.27. The van der Waals surface area contributed by atoms with E-state index in [9.17, 15) is 0 Å². The zero-order chi connectivity index (χ0) is 12.3. The molecule has 0 atom stereocenters. The first kappa shape index (κ1) is 12.0. The minimum atomic E-state index is 0.823. The van der Waals surface area contributed by atoms with Gasteiger partial charge >= 0.3 is 0 Å². The summed E-state index contributed by atoms with van der Waals surface area (Å²) in [5.41, 5.74) is 1.89. The second-order valence-electron chi connectivity index (χ2n) is 4.02. The van der Waals surface area contributed by atoms with Crippen LogP contribution in [0, 0.1) is 13.8 Å². The number of aromatic nitrogens is 2. The summed E-state index contributed by atoms with van der Waals surface area (Å²) >= 11 is 1.85. The molecule has 0 aliphatic heterocycles. The lowest BCUT2D eigenvalue weighted by Gasteiger charge is -2.07. The Hall–Kier alpha value is -1.42. The predicted octanol–water partition coefficient (Wildman–Crippen LogP) is 3.33. The molecule has 90 valence electrons. The molecule has 1 N–H and O–H groups in total. The second kappa shape index (κ2) is 5.27. The first-order valence-electron chi connectivity index (χ1n) is 5.80. The van der Waals surface area contributed by atoms with Crippen LogP contribution in [-0.4, -0.2) is 9.97 Å². The van der Waals surface area contributed by atoms with E-state index in [2.05, 4.69) is 34.3 Å². The molecule has 2 rings (SSSR count). The van der Waals surface area contributed by atoms with Crippen molar-refractivity contribution in [2.45, 2.75) is 33.7 Å². The van der Waals surface area contributed by atoms with Gasteiger partial charge in [-0.1, -0.05) is 6.92 Å². The van der Waals surface area contributed by atoms with Crippen molar-refractivity contribution in [1.29, 1.82) is 0 Å². The van der Waals surface area contributed by atoms with Crippen LogP contribution < -0.4 is 5.32 Å². The van der Waals surface area contributed by atoms with Gasteiger partial charge < -0.3 is 5.32 Å². The Bertz CT molecular complexity index is 505. The number of thiophene rings is 1. The third-order valence-electron chi connectivity index (χ3n) is 2.57. The number of rotatable bonds is 4. The number of hydrogen-bond acceptors (Lipinski definition) is 4. The highest BCUT2D eigenvalue weighted by Gasteiger charge is 2.03. The molecule has 0 aromatic carbocycles. The lowest BCUT2D eigenvalue weighted by atomic mass is 10.3. The van der Waals surface area contributed by atoms with E-state index in [0.717, 1.165) is 30.2 Å². The van der Waals surface area contributed by atoms with E-state index in [-0.39, 0.29) is 0 Å². The maximum Gasteiger partial charge on any atom is 0.148 e. The van der Waals surface area contributed by atoms with Crippen LogP contribution in [0.3, 0.4) is 0 Å². The molecule has 2 aromatic rings. The van der Waals surface area contributed by atoms with Gasteiger partial charge in [0.1, 0.15) is 5.82 Å². The van der Waals surface area contributed by atoms with E-state index in [4.69, 9.17) is 0 Å². The van der Waals surface area contributed by atoms with E-state index in [1.165, 1.54) is 9.75 Å². The number of nitrogens with zero attached hydrogens (tertiary/aromatic N) is 2. The molecule has 2 aromatic heterocycles. The van der Waals surface area contributed by atoms with Gasteiger partial charge in [-0.3, -0.25) is 4.98 Å². The SMILES string of the molecule is CCc1ccc(CNc2nc(C)cnc2C)s1. The minimum Gasteiger partial charge on any atom is -0.364 e. The quantitative estimate of drug-likeness (QED) is 0.900. The van der Waals surface area contributed by atoms with Gasteiger partial charge in [0.25, 0.3) is 0 Å². The third-order valence-corrected chi connectivity index (χ3v) is 3.80. The molecule has 3 nitrogen and oxygen atoms in total. The summed E-state index contributed by atoms with van der Waals surface area (Å²) in [7, 11) is 0. The van der Waals surface area contributed by atoms with E-state index >= 15 is 0 Å². The molecule has 0 amide bonds. The minimum absolute atomic E-state index is 0.823. The maximum absolute atomic E-state index is 4.45. The third kappa shape index (κ3) is 3.03. The van der Waals surface area contributed by atoms with Crippen LogP contribution in [0.5, 0.6) is 0 Å². The smallest absolute Gasteiger partial charge is 0.148 e. The van der Waals surface area contributed by atoms with E-state index in [1.54, 1.807) is 6.20 Å². The first-order chi connectivity index (χ1) is 8.19. The number of nitrogens with one attached hydrogen (secondary N) is 1. The fourth-order valence-electron chi connectivity index (χ4n) is 1.58. The van der Waals surface area contributed by atoms with E-state index < -0.39 is 0 Å². The number of hydrogen-bond donors (Lipinski definition) is 1. The van der Waals surface area contributed by atoms with Gasteiger partial charge in [-0.05, 0) is 32.4 Å². The van der Waals surface area contributed by atoms with Crippen LogP contribution in [0.1, 0.15) is 28.1 Å². The van der Waals surface area contributed by atoms with Gasteiger partial charge in [0, 0.05) is 16.0 Å². The Kier molecular flexibility index (Phi) is 3.74. The first-order valence-corrected chi connectivity index (χ1v) is 6.62. The topological polar surface area (TPSA) is 37.8 Å². The number of aryl methyl sites for hydroxylation is 3. The molecule has 0 fully saturated rings. The molecule has 0 bridgehead atoms. The highest BCUT2D eigenvalue weighted by atomic mass is 32.1. The van der Waals surface area contributed by atoms with Gasteiger partial charge in [0.15, 0.2) is 0 Å². The summed E-state index contributed by atoms with van der Waals surface area (Å²) in [6.07, 6.45) is 2.90. The summed E-state index contributed by atoms with van der Waals surface area (Å²) in [6.45, 7) is 6.93. The molecule has 4 heteroatoms. The number of anilines is 1. The van der Waals surface area contributed by atoms with Crippen molar-refractivity contribution in [3.8, 4) is 0 Å². The average Bonchev–Trinajstić information content (AvgIpc) is 2.78. The van der Waals surface area contributed by atoms with Crippen molar-refractivity contribution in [3.05, 3.63) is 39.5 Å². The van der Waals surface area contributed by atoms with Gasteiger partial charge in [-0.15, -0.1) is 11.3 Å². The molecule has 0 saturated heterocycles. The van der Waals surface area contributed by atoms with Crippen molar-refractivity contribution < 1.29 is 0 Å². The molecular weight excluding hydrogens is 230 g/mol. The molecular formula is C13H17N3S. The Morgan fingerprint density at radius 2 is 2.00 bits per heavy atom. The average molecular weight is 247 g/mol. The lowest BCUT2D eigenvalue weighted by Crippen LogP contribution is -2.04. The Morgan fingerprint density at radius 1 is 1.24 bits per heavy atom. The Balaban J connectivity index is 2.04. The van der Waals surface area contributed by atoms with Crippen LogP contribution in [0.2, 0.25) is 0 Å². The van der Waals surface area contributed by atoms with Gasteiger partial charge in [-0.25, -0.2) is 4.98 Å². The fourth-order valence-corrected chi connectivity index (χ4v) is 2.48. The molecule has 0 radical (unpaired) electrons. The van der Waals surface area contributed by atoms with E-state index in [0.29, 0.717) is 0 Å². The predicted molar refractivity (Wildman–Crippen MR) is 72.5 cm³/mol. The summed E-state index contributed by atoms with van der Waals surface area (Å²) in [4.78, 5) is 11.5. The van der Waals surface area contributed by atoms with Crippen molar-refractivity contribution >= 4 is 17.2 Å². The van der Waals surface area contributed by atoms with Crippen LogP contribution >= 0.6 is 11.3 Å². The summed E-state index contributed by atoms with van der Waals surface area (Å²) in [6, 6.07) is 4.37. The highest BCUT2D eigenvalue weighted by Crippen LogP contribution is 2.18. The van der Waals surface area contributed by atoms with Crippen LogP contribution in [0.15, 0.2) is 18.3 Å². The largest absolute Gasteiger partial charge is 0.364 e. The molecule has 0 spiro atoms. The fraction of sp³-hybridized carbons (Fsp3) is 0.385. The van der Waals surface area contributed by atoms with Gasteiger partial charge in [0.05, 0.1) is 17.9 Å². The van der Waals surface area contributed by atoms with Crippen LogP contribution in [0.25, 0.3) is 0 Å². The summed E-state index contributed by atoms with van der Waals surface area (Å²) in [5, 5.41) is 3.34. The molecule has 0 unspecified atom stereocenters. The van der Waals surface area contributed by atoms with Crippen LogP contribution in [0.4, 0.5) is 5.82 Å². The Morgan fingerprint density at radius 3 is 2.71 bits per heavy atom. The van der Waals surface area contributed by atoms with Gasteiger partial charge in [-0.2, -0.15) is 0 Å². The Labute approximate surface area is 106 Å². The molecule has 0 saturated carbocycles. The van der Waals surface area contributed by atoms with Crippen molar-refractivity contribution in [3.63, 3.8) is 0 Å². The van der Waals surface area contributed by atoms with Crippen molar-refractivity contribution in [2.24, 2.45) is 0 Å².